The van der Waals surface area contributed by atoms with Crippen LogP contribution in [0.1, 0.15) is 49.3 Å². The molecule has 1 aliphatic heterocycles. The summed E-state index contributed by atoms with van der Waals surface area (Å²) >= 11 is 0. The van der Waals surface area contributed by atoms with Crippen LogP contribution in [0.25, 0.3) is 0 Å². The van der Waals surface area contributed by atoms with Crippen molar-refractivity contribution in [3.05, 3.63) is 65.0 Å². The van der Waals surface area contributed by atoms with Gasteiger partial charge in [-0.3, -0.25) is 9.59 Å². The minimum absolute atomic E-state index is 0.0591. The fourth-order valence-electron chi connectivity index (χ4n) is 5.80. The molecule has 2 aromatic carbocycles. The number of para-hydroxylation sites is 1. The van der Waals surface area contributed by atoms with Crippen LogP contribution in [0.15, 0.2) is 42.5 Å². The number of fused-ring (bicyclic) bond motifs is 2. The quantitative estimate of drug-likeness (QED) is 0.559. The van der Waals surface area contributed by atoms with Crippen molar-refractivity contribution in [3.63, 3.8) is 0 Å². The minimum atomic E-state index is -0.251. The van der Waals surface area contributed by atoms with Gasteiger partial charge in [-0.2, -0.15) is 0 Å². The summed E-state index contributed by atoms with van der Waals surface area (Å²) in [5, 5.41) is 3.10. The Labute approximate surface area is 208 Å². The highest BCUT2D eigenvalue weighted by Crippen LogP contribution is 2.43. The van der Waals surface area contributed by atoms with Crippen molar-refractivity contribution in [2.45, 2.75) is 58.9 Å². The largest absolute Gasteiger partial charge is 0.491 e. The normalized spacial score (nSPS) is 22.1. The molecule has 0 aromatic heterocycles. The lowest BCUT2D eigenvalue weighted by molar-refractivity contribution is -0.134. The van der Waals surface area contributed by atoms with E-state index >= 15 is 0 Å². The van der Waals surface area contributed by atoms with Gasteiger partial charge in [0.2, 0.25) is 11.8 Å². The zero-order valence-corrected chi connectivity index (χ0v) is 21.1. The number of hydrogen-bond acceptors (Lipinski definition) is 3. The third kappa shape index (κ3) is 6.22. The number of halogens is 1. The van der Waals surface area contributed by atoms with Gasteiger partial charge in [-0.05, 0) is 80.5 Å². The van der Waals surface area contributed by atoms with Gasteiger partial charge in [0, 0.05) is 25.9 Å². The highest BCUT2D eigenvalue weighted by atomic mass is 19.1. The molecule has 2 bridgehead atoms. The maximum atomic E-state index is 13.9. The van der Waals surface area contributed by atoms with Crippen LogP contribution in [0, 0.1) is 37.4 Å². The zero-order chi connectivity index (χ0) is 24.9. The molecule has 2 unspecified atom stereocenters. The van der Waals surface area contributed by atoms with Crippen molar-refractivity contribution < 1.29 is 18.7 Å². The van der Waals surface area contributed by atoms with Crippen LogP contribution in [-0.2, 0) is 16.0 Å². The van der Waals surface area contributed by atoms with Crippen LogP contribution in [0.3, 0.4) is 0 Å². The van der Waals surface area contributed by atoms with Crippen molar-refractivity contribution in [1.29, 1.82) is 0 Å². The van der Waals surface area contributed by atoms with Gasteiger partial charge < -0.3 is 15.0 Å². The minimum Gasteiger partial charge on any atom is -0.491 e. The molecule has 2 aliphatic rings. The molecule has 4 rings (SSSR count). The molecule has 1 N–H and O–H groups in total. The number of likely N-dealkylation sites (tertiary alicyclic amines) is 1. The molecule has 6 heteroatoms. The molecular formula is C29H37FN2O3. The molecule has 188 valence electrons. The van der Waals surface area contributed by atoms with Crippen molar-refractivity contribution in [3.8, 4) is 5.75 Å². The Hall–Kier alpha value is -2.89. The van der Waals surface area contributed by atoms with Gasteiger partial charge in [-0.15, -0.1) is 0 Å². The van der Waals surface area contributed by atoms with Crippen LogP contribution in [0.5, 0.6) is 5.75 Å². The molecule has 35 heavy (non-hydrogen) atoms. The van der Waals surface area contributed by atoms with Gasteiger partial charge in [0.05, 0.1) is 6.04 Å². The van der Waals surface area contributed by atoms with E-state index < -0.39 is 0 Å². The summed E-state index contributed by atoms with van der Waals surface area (Å²) in [6.07, 6.45) is 3.37. The first-order valence-corrected chi connectivity index (χ1v) is 12.8. The Morgan fingerprint density at radius 3 is 2.37 bits per heavy atom. The van der Waals surface area contributed by atoms with Gasteiger partial charge in [-0.25, -0.2) is 4.39 Å². The number of ether oxygens (including phenoxy) is 1. The number of carbonyl (C=O) groups is 2. The number of aryl methyl sites for hydroxylation is 3. The van der Waals surface area contributed by atoms with Crippen molar-refractivity contribution in [2.75, 3.05) is 19.7 Å². The highest BCUT2D eigenvalue weighted by Gasteiger charge is 2.43. The number of nitrogens with zero attached hydrogens (tertiary/aromatic N) is 1. The van der Waals surface area contributed by atoms with Crippen LogP contribution in [0.4, 0.5) is 4.39 Å². The fourth-order valence-corrected chi connectivity index (χ4v) is 5.80. The number of piperidine rings is 1. The third-order valence-corrected chi connectivity index (χ3v) is 7.66. The second kappa shape index (κ2) is 11.2. The molecule has 3 atom stereocenters. The van der Waals surface area contributed by atoms with Crippen LogP contribution < -0.4 is 10.1 Å². The molecule has 0 radical (unpaired) electrons. The highest BCUT2D eigenvalue weighted by molar-refractivity contribution is 5.78. The SMILES string of the molecule is Cc1cccc(C)c1OC[C@H](C)NC(=O)CC1C2CCC1CN(C(=O)CCc1ccccc1F)C2. The Balaban J connectivity index is 1.23. The third-order valence-electron chi connectivity index (χ3n) is 7.66. The first-order chi connectivity index (χ1) is 16.8. The van der Waals surface area contributed by atoms with E-state index in [-0.39, 0.29) is 23.7 Å². The van der Waals surface area contributed by atoms with Crippen molar-refractivity contribution in [2.24, 2.45) is 17.8 Å². The first kappa shape index (κ1) is 25.2. The average Bonchev–Trinajstić information content (AvgIpc) is 3.04. The first-order valence-electron chi connectivity index (χ1n) is 12.8. The number of nitrogens with one attached hydrogen (secondary N) is 1. The fraction of sp³-hybridized carbons (Fsp3) is 0.517. The van der Waals surface area contributed by atoms with Gasteiger partial charge in [0.1, 0.15) is 18.2 Å². The molecule has 2 aromatic rings. The molecule has 2 amide bonds. The number of hydrogen-bond donors (Lipinski definition) is 1. The lowest BCUT2D eigenvalue weighted by Crippen LogP contribution is -2.47. The molecule has 2 fully saturated rings. The maximum Gasteiger partial charge on any atom is 0.222 e. The van der Waals surface area contributed by atoms with E-state index in [1.165, 1.54) is 6.07 Å². The summed E-state index contributed by atoms with van der Waals surface area (Å²) < 4.78 is 19.9. The van der Waals surface area contributed by atoms with Gasteiger partial charge in [-0.1, -0.05) is 36.4 Å². The van der Waals surface area contributed by atoms with Crippen LogP contribution in [0.2, 0.25) is 0 Å². The van der Waals surface area contributed by atoms with E-state index in [1.54, 1.807) is 18.2 Å². The van der Waals surface area contributed by atoms with Crippen molar-refractivity contribution in [1.82, 2.24) is 10.2 Å². The van der Waals surface area contributed by atoms with E-state index in [1.807, 2.05) is 43.9 Å². The van der Waals surface area contributed by atoms with Gasteiger partial charge in [0.15, 0.2) is 0 Å². The lowest BCUT2D eigenvalue weighted by atomic mass is 9.82. The second-order valence-electron chi connectivity index (χ2n) is 10.4. The molecule has 1 saturated heterocycles. The predicted molar refractivity (Wildman–Crippen MR) is 135 cm³/mol. The molecule has 1 heterocycles. The predicted octanol–water partition coefficient (Wildman–Crippen LogP) is 4.83. The molecule has 1 aliphatic carbocycles. The summed E-state index contributed by atoms with van der Waals surface area (Å²) in [4.78, 5) is 27.6. The van der Waals surface area contributed by atoms with Gasteiger partial charge >= 0.3 is 0 Å². The topological polar surface area (TPSA) is 58.6 Å². The molecule has 0 spiro atoms. The summed E-state index contributed by atoms with van der Waals surface area (Å²) in [5.41, 5.74) is 2.77. The van der Waals surface area contributed by atoms with E-state index in [2.05, 4.69) is 5.32 Å². The summed E-state index contributed by atoms with van der Waals surface area (Å²) in [6.45, 7) is 7.86. The maximum absolute atomic E-state index is 13.9. The van der Waals surface area contributed by atoms with E-state index in [0.717, 1.165) is 29.7 Å². The number of benzene rings is 2. The number of carbonyl (C=O) groups excluding carboxylic acids is 2. The zero-order valence-electron chi connectivity index (χ0n) is 21.1. The van der Waals surface area contributed by atoms with Crippen LogP contribution in [-0.4, -0.2) is 42.5 Å². The van der Waals surface area contributed by atoms with E-state index in [4.69, 9.17) is 4.74 Å². The number of amides is 2. The second-order valence-corrected chi connectivity index (χ2v) is 10.4. The average molecular weight is 481 g/mol. The van der Waals surface area contributed by atoms with Crippen molar-refractivity contribution >= 4 is 11.8 Å². The molecule has 1 saturated carbocycles. The van der Waals surface area contributed by atoms with Crippen LogP contribution >= 0.6 is 0 Å². The Morgan fingerprint density at radius 1 is 1.06 bits per heavy atom. The lowest BCUT2D eigenvalue weighted by Gasteiger charge is -2.38. The molecule has 5 nitrogen and oxygen atoms in total. The van der Waals surface area contributed by atoms with E-state index in [0.29, 0.717) is 62.3 Å². The number of rotatable bonds is 9. The van der Waals surface area contributed by atoms with E-state index in [9.17, 15) is 14.0 Å². The monoisotopic (exact) mass is 480 g/mol. The standard InChI is InChI=1S/C29H37FN2O3/c1-19-7-6-8-20(2)29(19)35-18-21(3)31-27(33)15-25-23-11-12-24(25)17-32(16-23)28(34)14-13-22-9-4-5-10-26(22)30/h4-10,21,23-25H,11-18H2,1-3H3,(H,31,33)/t21-,23?,24?,25?/m0/s1. The Morgan fingerprint density at radius 2 is 1.71 bits per heavy atom. The summed E-state index contributed by atoms with van der Waals surface area (Å²) in [7, 11) is 0. The summed E-state index contributed by atoms with van der Waals surface area (Å²) in [5.74, 6) is 1.82. The summed E-state index contributed by atoms with van der Waals surface area (Å²) in [6, 6.07) is 12.6. The van der Waals surface area contributed by atoms with Gasteiger partial charge in [0.25, 0.3) is 0 Å². The smallest absolute Gasteiger partial charge is 0.222 e. The Bertz CT molecular complexity index is 1020. The Kier molecular flexibility index (Phi) is 8.09. The molecular weight excluding hydrogens is 443 g/mol.